The molecule has 1 heterocycles. The van der Waals surface area contributed by atoms with Gasteiger partial charge in [0.25, 0.3) is 0 Å². The maximum Gasteiger partial charge on any atom is 0.422 e. The molecule has 1 aromatic heterocycles. The fourth-order valence-electron chi connectivity index (χ4n) is 2.30. The number of guanidine groups is 1. The highest BCUT2D eigenvalue weighted by atomic mass is 127. The van der Waals surface area contributed by atoms with Crippen LogP contribution in [0.4, 0.5) is 13.2 Å². The molecule has 0 amide bonds. The second-order valence-corrected chi connectivity index (χ2v) is 5.73. The summed E-state index contributed by atoms with van der Waals surface area (Å²) in [4.78, 5) is 8.29. The summed E-state index contributed by atoms with van der Waals surface area (Å²) in [6.07, 6.45) is -2.19. The molecule has 2 N–H and O–H groups in total. The second-order valence-electron chi connectivity index (χ2n) is 5.73. The number of hydrogen-bond donors (Lipinski definition) is 2. The van der Waals surface area contributed by atoms with Crippen LogP contribution in [0.1, 0.15) is 18.1 Å². The van der Waals surface area contributed by atoms with Crippen molar-refractivity contribution in [2.24, 2.45) is 4.99 Å². The number of nitrogens with one attached hydrogen (secondary N) is 2. The van der Waals surface area contributed by atoms with Crippen molar-refractivity contribution in [3.8, 4) is 5.88 Å². The van der Waals surface area contributed by atoms with Crippen LogP contribution in [-0.4, -0.2) is 36.8 Å². The third-order valence-electron chi connectivity index (χ3n) is 3.52. The van der Waals surface area contributed by atoms with E-state index in [1.807, 2.05) is 37.3 Å². The molecule has 154 valence electrons. The van der Waals surface area contributed by atoms with Crippen molar-refractivity contribution in [2.75, 3.05) is 19.7 Å². The molecule has 0 spiro atoms. The highest BCUT2D eigenvalue weighted by molar-refractivity contribution is 14.0. The Labute approximate surface area is 179 Å². The van der Waals surface area contributed by atoms with Gasteiger partial charge in [0.15, 0.2) is 12.6 Å². The molecule has 0 saturated carbocycles. The summed E-state index contributed by atoms with van der Waals surface area (Å²) >= 11 is 0. The molecule has 0 saturated heterocycles. The molecule has 0 aliphatic rings. The summed E-state index contributed by atoms with van der Waals surface area (Å²) in [7, 11) is 0. The minimum absolute atomic E-state index is 0. The Morgan fingerprint density at radius 1 is 1.11 bits per heavy atom. The first-order valence-electron chi connectivity index (χ1n) is 8.67. The fourth-order valence-corrected chi connectivity index (χ4v) is 2.30. The number of benzene rings is 1. The van der Waals surface area contributed by atoms with Crippen LogP contribution in [0.2, 0.25) is 0 Å². The maximum absolute atomic E-state index is 12.4. The molecular formula is C19H24F3IN4O. The second kappa shape index (κ2) is 12.4. The predicted molar refractivity (Wildman–Crippen MR) is 114 cm³/mol. The Morgan fingerprint density at radius 2 is 1.86 bits per heavy atom. The molecule has 2 aromatic rings. The number of aromatic nitrogens is 1. The smallest absolute Gasteiger partial charge is 0.422 e. The van der Waals surface area contributed by atoms with Crippen LogP contribution < -0.4 is 15.4 Å². The average molecular weight is 508 g/mol. The van der Waals surface area contributed by atoms with Crippen molar-refractivity contribution < 1.29 is 17.9 Å². The van der Waals surface area contributed by atoms with E-state index in [9.17, 15) is 13.2 Å². The van der Waals surface area contributed by atoms with Gasteiger partial charge in [0.1, 0.15) is 0 Å². The first-order valence-corrected chi connectivity index (χ1v) is 8.67. The molecule has 0 unspecified atom stereocenters. The Bertz CT molecular complexity index is 727. The van der Waals surface area contributed by atoms with Crippen molar-refractivity contribution in [3.05, 3.63) is 59.8 Å². The lowest BCUT2D eigenvalue weighted by molar-refractivity contribution is -0.154. The minimum Gasteiger partial charge on any atom is -0.468 e. The third kappa shape index (κ3) is 9.25. The molecule has 2 rings (SSSR count). The molecule has 0 atom stereocenters. The summed E-state index contributed by atoms with van der Waals surface area (Å²) in [5, 5.41) is 6.33. The van der Waals surface area contributed by atoms with Gasteiger partial charge in [0.2, 0.25) is 5.88 Å². The lowest BCUT2D eigenvalue weighted by Crippen LogP contribution is -2.38. The van der Waals surface area contributed by atoms with E-state index in [1.165, 1.54) is 11.8 Å². The Morgan fingerprint density at radius 3 is 2.54 bits per heavy atom. The number of hydrogen-bond acceptors (Lipinski definition) is 3. The number of ether oxygens (including phenoxy) is 1. The molecule has 9 heteroatoms. The van der Waals surface area contributed by atoms with E-state index >= 15 is 0 Å². The normalized spacial score (nSPS) is 11.5. The molecule has 5 nitrogen and oxygen atoms in total. The van der Waals surface area contributed by atoms with E-state index in [0.717, 1.165) is 6.42 Å². The van der Waals surface area contributed by atoms with Crippen molar-refractivity contribution >= 4 is 29.9 Å². The van der Waals surface area contributed by atoms with E-state index in [1.54, 1.807) is 12.1 Å². The van der Waals surface area contributed by atoms with Crippen LogP contribution in [0.3, 0.4) is 0 Å². The number of nitrogens with zero attached hydrogens (tertiary/aromatic N) is 2. The molecule has 0 bridgehead atoms. The Kier molecular flexibility index (Phi) is 10.6. The summed E-state index contributed by atoms with van der Waals surface area (Å²) in [6.45, 7) is 2.07. The van der Waals surface area contributed by atoms with Gasteiger partial charge in [-0.3, -0.25) is 0 Å². The zero-order valence-corrected chi connectivity index (χ0v) is 17.8. The van der Waals surface area contributed by atoms with Gasteiger partial charge in [0.05, 0.1) is 6.54 Å². The Balaban J connectivity index is 0.00000392. The highest BCUT2D eigenvalue weighted by Gasteiger charge is 2.29. The van der Waals surface area contributed by atoms with E-state index < -0.39 is 12.8 Å². The monoisotopic (exact) mass is 508 g/mol. The van der Waals surface area contributed by atoms with E-state index in [4.69, 9.17) is 4.74 Å². The number of rotatable bonds is 8. The van der Waals surface area contributed by atoms with Gasteiger partial charge in [-0.05, 0) is 25.0 Å². The zero-order chi connectivity index (χ0) is 19.5. The third-order valence-corrected chi connectivity index (χ3v) is 3.52. The lowest BCUT2D eigenvalue weighted by Gasteiger charge is -2.13. The van der Waals surface area contributed by atoms with Crippen LogP contribution in [0.25, 0.3) is 0 Å². The molecule has 0 fully saturated rings. The average Bonchev–Trinajstić information content (AvgIpc) is 2.65. The minimum atomic E-state index is -4.41. The predicted octanol–water partition coefficient (Wildman–Crippen LogP) is 3.94. The van der Waals surface area contributed by atoms with Gasteiger partial charge in [-0.15, -0.1) is 24.0 Å². The zero-order valence-electron chi connectivity index (χ0n) is 15.5. The molecule has 0 radical (unpaired) electrons. The molecular weight excluding hydrogens is 484 g/mol. The van der Waals surface area contributed by atoms with Gasteiger partial charge in [-0.1, -0.05) is 36.4 Å². The molecule has 0 aliphatic heterocycles. The SMILES string of the molecule is CCNC(=NCc1cccnc1OCC(F)(F)F)NCCc1ccccc1.I. The number of alkyl halides is 3. The van der Waals surface area contributed by atoms with Crippen LogP contribution >= 0.6 is 24.0 Å². The standard InChI is InChI=1S/C19H23F3N4O.HI/c1-2-23-18(25-12-10-15-7-4-3-5-8-15)26-13-16-9-6-11-24-17(16)27-14-19(20,21)22;/h3-9,11H,2,10,12-14H2,1H3,(H2,23,25,26);1H. The fraction of sp³-hybridized carbons (Fsp3) is 0.368. The topological polar surface area (TPSA) is 58.5 Å². The number of aliphatic imine (C=N–C) groups is 1. The van der Waals surface area contributed by atoms with Crippen LogP contribution in [0.15, 0.2) is 53.7 Å². The van der Waals surface area contributed by atoms with Crippen LogP contribution in [-0.2, 0) is 13.0 Å². The first-order chi connectivity index (χ1) is 13.0. The highest BCUT2D eigenvalue weighted by Crippen LogP contribution is 2.20. The van der Waals surface area contributed by atoms with Gasteiger partial charge >= 0.3 is 6.18 Å². The van der Waals surface area contributed by atoms with Crippen molar-refractivity contribution in [1.29, 1.82) is 0 Å². The Hall–Kier alpha value is -2.04. The maximum atomic E-state index is 12.4. The van der Waals surface area contributed by atoms with Gasteiger partial charge in [-0.25, -0.2) is 9.98 Å². The first kappa shape index (κ1) is 24.0. The van der Waals surface area contributed by atoms with Crippen molar-refractivity contribution in [2.45, 2.75) is 26.1 Å². The largest absolute Gasteiger partial charge is 0.468 e. The van der Waals surface area contributed by atoms with Crippen molar-refractivity contribution in [1.82, 2.24) is 15.6 Å². The van der Waals surface area contributed by atoms with Crippen LogP contribution in [0.5, 0.6) is 5.88 Å². The summed E-state index contributed by atoms with van der Waals surface area (Å²) in [5.74, 6) is 0.526. The van der Waals surface area contributed by atoms with E-state index in [0.29, 0.717) is 24.6 Å². The van der Waals surface area contributed by atoms with Crippen LogP contribution in [0, 0.1) is 0 Å². The number of halogens is 4. The van der Waals surface area contributed by atoms with Gasteiger partial charge < -0.3 is 15.4 Å². The summed E-state index contributed by atoms with van der Waals surface area (Å²) in [6, 6.07) is 13.3. The number of pyridine rings is 1. The lowest BCUT2D eigenvalue weighted by atomic mass is 10.1. The van der Waals surface area contributed by atoms with E-state index in [2.05, 4.69) is 20.6 Å². The van der Waals surface area contributed by atoms with Gasteiger partial charge in [-0.2, -0.15) is 13.2 Å². The molecule has 1 aromatic carbocycles. The van der Waals surface area contributed by atoms with E-state index in [-0.39, 0.29) is 36.4 Å². The molecule has 28 heavy (non-hydrogen) atoms. The van der Waals surface area contributed by atoms with Crippen molar-refractivity contribution in [3.63, 3.8) is 0 Å². The molecule has 0 aliphatic carbocycles. The summed E-state index contributed by atoms with van der Waals surface area (Å²) < 4.78 is 41.9. The summed E-state index contributed by atoms with van der Waals surface area (Å²) in [5.41, 5.74) is 1.69. The quantitative estimate of drug-likeness (QED) is 0.323. The van der Waals surface area contributed by atoms with Gasteiger partial charge in [0, 0.05) is 24.8 Å².